The molecule has 0 amide bonds. The van der Waals surface area contributed by atoms with Crippen molar-refractivity contribution in [3.8, 4) is 0 Å². The average molecular weight is 341 g/mol. The fraction of sp³-hybridized carbons (Fsp3) is 0.944. The summed E-state index contributed by atoms with van der Waals surface area (Å²) in [6, 6.07) is 0. The Labute approximate surface area is 161 Å². The summed E-state index contributed by atoms with van der Waals surface area (Å²) < 4.78 is 4.77. The Morgan fingerprint density at radius 1 is 0.727 bits per heavy atom. The Hall–Kier alpha value is 0.453. The normalized spacial score (nSPS) is 10.4. The molecule has 0 fully saturated rings. The van der Waals surface area contributed by atoms with E-state index in [2.05, 4.69) is 6.92 Å². The summed E-state index contributed by atoms with van der Waals surface area (Å²) in [5.41, 5.74) is 0. The Morgan fingerprint density at radius 2 is 1.05 bits per heavy atom. The third kappa shape index (κ3) is 20.5. The minimum Gasteiger partial charge on any atom is -1.00 e. The average Bonchev–Trinajstić information content (AvgIpc) is 2.50. The molecular weight excluding hydrogens is 301 g/mol. The van der Waals surface area contributed by atoms with Crippen molar-refractivity contribution in [3.63, 3.8) is 0 Å². The molecule has 0 N–H and O–H groups in total. The molecule has 0 saturated heterocycles. The van der Waals surface area contributed by atoms with Gasteiger partial charge < -0.3 is 7.28 Å². The molecule has 4 heteroatoms. The molecule has 2 nitrogen and oxygen atoms in total. The summed E-state index contributed by atoms with van der Waals surface area (Å²) in [5.74, 6) is -0.00337. The summed E-state index contributed by atoms with van der Waals surface area (Å²) in [4.78, 5) is 11.0. The summed E-state index contributed by atoms with van der Waals surface area (Å²) in [6.07, 6.45) is 21.1. The van der Waals surface area contributed by atoms with E-state index in [1.54, 1.807) is 0 Å². The standard InChI is InChI=1S/C18H38O2Si.Mg.2H/c1-2-3-4-5-6-7-8-9-10-11-12-13-14-15-16-17-18(19)20-21;;;/h2-17H2,1,21H3;;;/q;+2;2*-1. The number of unbranched alkanes of at least 4 members (excludes halogenated alkanes) is 14. The van der Waals surface area contributed by atoms with Gasteiger partial charge in [-0.1, -0.05) is 96.8 Å². The Kier molecular flexibility index (Phi) is 24.1. The predicted octanol–water partition coefficient (Wildman–Crippen LogP) is 4.92. The zero-order valence-electron chi connectivity index (χ0n) is 17.3. The molecule has 0 aliphatic rings. The van der Waals surface area contributed by atoms with E-state index in [1.807, 2.05) is 0 Å². The van der Waals surface area contributed by atoms with Gasteiger partial charge in [0.15, 0.2) is 0 Å². The Balaban J connectivity index is -0.000000667. The van der Waals surface area contributed by atoms with Gasteiger partial charge in [0, 0.05) is 6.42 Å². The zero-order chi connectivity index (χ0) is 15.6. The van der Waals surface area contributed by atoms with Gasteiger partial charge in [0.2, 0.25) is 10.5 Å². The molecule has 22 heavy (non-hydrogen) atoms. The quantitative estimate of drug-likeness (QED) is 0.294. The van der Waals surface area contributed by atoms with Crippen LogP contribution in [0.4, 0.5) is 0 Å². The Bertz CT molecular complexity index is 235. The summed E-state index contributed by atoms with van der Waals surface area (Å²) in [6.45, 7) is 2.28. The van der Waals surface area contributed by atoms with Gasteiger partial charge in [-0.3, -0.25) is 4.79 Å². The van der Waals surface area contributed by atoms with Gasteiger partial charge in [-0.25, -0.2) is 0 Å². The van der Waals surface area contributed by atoms with Crippen LogP contribution in [0.5, 0.6) is 0 Å². The molecule has 0 bridgehead atoms. The van der Waals surface area contributed by atoms with Crippen molar-refractivity contribution >= 4 is 39.5 Å². The van der Waals surface area contributed by atoms with Crippen molar-refractivity contribution in [2.24, 2.45) is 0 Å². The Morgan fingerprint density at radius 3 is 1.36 bits per heavy atom. The molecule has 0 aromatic rings. The molecule has 0 spiro atoms. The minimum absolute atomic E-state index is 0. The molecule has 0 rings (SSSR count). The third-order valence-electron chi connectivity index (χ3n) is 4.21. The number of hydrogen-bond donors (Lipinski definition) is 0. The molecule has 0 aromatic carbocycles. The molecule has 0 aliphatic carbocycles. The van der Waals surface area contributed by atoms with Gasteiger partial charge >= 0.3 is 23.1 Å². The second kappa shape index (κ2) is 21.5. The van der Waals surface area contributed by atoms with Crippen LogP contribution in [0.3, 0.4) is 0 Å². The summed E-state index contributed by atoms with van der Waals surface area (Å²) >= 11 is 0. The molecule has 0 aromatic heterocycles. The van der Waals surface area contributed by atoms with Crippen LogP contribution in [0.25, 0.3) is 0 Å². The van der Waals surface area contributed by atoms with Gasteiger partial charge in [-0.05, 0) is 6.42 Å². The first-order valence-electron chi connectivity index (χ1n) is 9.38. The van der Waals surface area contributed by atoms with Crippen LogP contribution in [0, 0.1) is 0 Å². The van der Waals surface area contributed by atoms with Crippen LogP contribution in [0.15, 0.2) is 0 Å². The van der Waals surface area contributed by atoms with Crippen LogP contribution >= 0.6 is 0 Å². The zero-order valence-corrected chi connectivity index (χ0v) is 18.8. The van der Waals surface area contributed by atoms with E-state index >= 15 is 0 Å². The van der Waals surface area contributed by atoms with Crippen LogP contribution in [0.1, 0.15) is 113 Å². The van der Waals surface area contributed by atoms with Crippen molar-refractivity contribution in [2.45, 2.75) is 110 Å². The summed E-state index contributed by atoms with van der Waals surface area (Å²) in [7, 11) is 0.544. The third-order valence-corrected chi connectivity index (χ3v) is 4.67. The fourth-order valence-electron chi connectivity index (χ4n) is 2.74. The molecule has 0 saturated carbocycles. The second-order valence-electron chi connectivity index (χ2n) is 6.28. The van der Waals surface area contributed by atoms with Crippen LogP contribution in [0.2, 0.25) is 0 Å². The molecule has 0 radical (unpaired) electrons. The first-order valence-corrected chi connectivity index (χ1v) is 10.2. The van der Waals surface area contributed by atoms with Gasteiger partial charge in [0.1, 0.15) is 0 Å². The number of carbonyl (C=O) groups excluding carboxylic acids is 1. The van der Waals surface area contributed by atoms with E-state index < -0.39 is 0 Å². The fourth-order valence-corrected chi connectivity index (χ4v) is 2.95. The number of carbonyl (C=O) groups is 1. The van der Waals surface area contributed by atoms with Gasteiger partial charge in [-0.2, -0.15) is 0 Å². The van der Waals surface area contributed by atoms with Crippen molar-refractivity contribution in [3.05, 3.63) is 0 Å². The topological polar surface area (TPSA) is 26.3 Å². The number of rotatable bonds is 16. The largest absolute Gasteiger partial charge is 2.00 e. The van der Waals surface area contributed by atoms with E-state index in [4.69, 9.17) is 4.43 Å². The van der Waals surface area contributed by atoms with E-state index in [0.717, 1.165) is 6.42 Å². The van der Waals surface area contributed by atoms with Gasteiger partial charge in [-0.15, -0.1) is 0 Å². The monoisotopic (exact) mass is 340 g/mol. The smallest absolute Gasteiger partial charge is 1.00 e. The number of hydrogen-bond acceptors (Lipinski definition) is 2. The van der Waals surface area contributed by atoms with Crippen LogP contribution < -0.4 is 0 Å². The maximum Gasteiger partial charge on any atom is 2.00 e. The first-order chi connectivity index (χ1) is 10.3. The van der Waals surface area contributed by atoms with Crippen LogP contribution in [-0.4, -0.2) is 39.5 Å². The molecule has 0 atom stereocenters. The first kappa shape index (κ1) is 24.7. The summed E-state index contributed by atoms with van der Waals surface area (Å²) in [5, 5.41) is 0. The molecule has 0 unspecified atom stereocenters. The molecular formula is C18H40MgO2Si. The van der Waals surface area contributed by atoms with Crippen LogP contribution in [-0.2, 0) is 9.22 Å². The SMILES string of the molecule is CCCCCCCCCCCCCCCCCC(=O)O[SiH3].[H-].[H-].[Mg+2]. The minimum atomic E-state index is -0.00337. The van der Waals surface area contributed by atoms with E-state index in [-0.39, 0.29) is 31.9 Å². The molecule has 0 aliphatic heterocycles. The van der Waals surface area contributed by atoms with Crippen molar-refractivity contribution < 1.29 is 12.1 Å². The molecule has 130 valence electrons. The maximum absolute atomic E-state index is 11.0. The van der Waals surface area contributed by atoms with Crippen molar-refractivity contribution in [2.75, 3.05) is 0 Å². The predicted molar refractivity (Wildman–Crippen MR) is 104 cm³/mol. The van der Waals surface area contributed by atoms with E-state index in [1.165, 1.54) is 89.9 Å². The molecule has 0 heterocycles. The van der Waals surface area contributed by atoms with Gasteiger partial charge in [0.25, 0.3) is 5.97 Å². The van der Waals surface area contributed by atoms with Crippen molar-refractivity contribution in [1.29, 1.82) is 0 Å². The van der Waals surface area contributed by atoms with E-state index in [0.29, 0.717) is 16.9 Å². The van der Waals surface area contributed by atoms with E-state index in [9.17, 15) is 4.79 Å². The van der Waals surface area contributed by atoms with Gasteiger partial charge in [0.05, 0.1) is 0 Å². The second-order valence-corrected chi connectivity index (χ2v) is 6.68. The maximum atomic E-state index is 11.0. The van der Waals surface area contributed by atoms with Crippen molar-refractivity contribution in [1.82, 2.24) is 0 Å².